The minimum absolute atomic E-state index is 0.136. The van der Waals surface area contributed by atoms with Gasteiger partial charge in [0.25, 0.3) is 5.91 Å². The molecule has 41 heavy (non-hydrogen) atoms. The first-order valence-electron chi connectivity index (χ1n) is 12.7. The Hall–Kier alpha value is -3.20. The van der Waals surface area contributed by atoms with Crippen molar-refractivity contribution in [2.24, 2.45) is 5.73 Å². The van der Waals surface area contributed by atoms with Crippen LogP contribution in [0.3, 0.4) is 0 Å². The number of primary amides is 1. The van der Waals surface area contributed by atoms with E-state index < -0.39 is 65.5 Å². The van der Waals surface area contributed by atoms with Gasteiger partial charge in [-0.15, -0.1) is 0 Å². The van der Waals surface area contributed by atoms with Crippen LogP contribution in [0.1, 0.15) is 41.7 Å². The maximum Gasteiger partial charge on any atom is 0.390 e. The molecule has 6 N–H and O–H groups in total. The first-order valence-corrected chi connectivity index (χ1v) is 13.1. The van der Waals surface area contributed by atoms with Crippen molar-refractivity contribution in [3.05, 3.63) is 58.1 Å². The molecular weight excluding hydrogens is 577 g/mol. The molecule has 226 valence electrons. The van der Waals surface area contributed by atoms with Crippen molar-refractivity contribution in [1.82, 2.24) is 10.2 Å². The summed E-state index contributed by atoms with van der Waals surface area (Å²) < 4.78 is 68.0. The molecule has 0 bridgehead atoms. The molecule has 1 saturated heterocycles. The number of carbonyl (C=O) groups excluding carboxylic acids is 2. The highest BCUT2D eigenvalue weighted by Crippen LogP contribution is 2.32. The van der Waals surface area contributed by atoms with E-state index in [2.05, 4.69) is 10.6 Å². The van der Waals surface area contributed by atoms with Gasteiger partial charge in [-0.3, -0.25) is 9.69 Å². The highest BCUT2D eigenvalue weighted by Gasteiger charge is 2.31. The summed E-state index contributed by atoms with van der Waals surface area (Å²) in [4.78, 5) is 27.9. The van der Waals surface area contributed by atoms with Crippen LogP contribution < -0.4 is 21.3 Å². The zero-order valence-electron chi connectivity index (χ0n) is 22.0. The summed E-state index contributed by atoms with van der Waals surface area (Å²) in [7, 11) is 0. The van der Waals surface area contributed by atoms with Crippen molar-refractivity contribution >= 4 is 34.9 Å². The number of halogens is 6. The number of rotatable bonds is 10. The number of nitrogens with one attached hydrogen (secondary N) is 2. The second kappa shape index (κ2) is 13.6. The van der Waals surface area contributed by atoms with Crippen LogP contribution in [0, 0.1) is 11.6 Å². The quantitative estimate of drug-likeness (QED) is 0.261. The smallest absolute Gasteiger partial charge is 0.390 e. The van der Waals surface area contributed by atoms with Crippen LogP contribution >= 0.6 is 11.6 Å². The van der Waals surface area contributed by atoms with Crippen LogP contribution in [0.5, 0.6) is 0 Å². The van der Waals surface area contributed by atoms with Gasteiger partial charge in [0.2, 0.25) is 0 Å². The third kappa shape index (κ3) is 8.89. The van der Waals surface area contributed by atoms with Crippen molar-refractivity contribution in [3.8, 4) is 0 Å². The molecule has 0 saturated carbocycles. The fourth-order valence-electron chi connectivity index (χ4n) is 4.56. The van der Waals surface area contributed by atoms with E-state index in [1.165, 1.54) is 19.1 Å². The van der Waals surface area contributed by atoms with Crippen LogP contribution in [0.15, 0.2) is 30.3 Å². The molecule has 0 spiro atoms. The molecule has 3 atom stereocenters. The van der Waals surface area contributed by atoms with Gasteiger partial charge in [0.1, 0.15) is 0 Å². The molecular formula is C26H31ClF5N5O4. The number of carbonyl (C=O) groups is 2. The summed E-state index contributed by atoms with van der Waals surface area (Å²) in [5, 5.41) is 24.9. The van der Waals surface area contributed by atoms with Crippen molar-refractivity contribution in [2.75, 3.05) is 42.9 Å². The fourth-order valence-corrected chi connectivity index (χ4v) is 4.73. The van der Waals surface area contributed by atoms with Gasteiger partial charge in [-0.1, -0.05) is 17.7 Å². The van der Waals surface area contributed by atoms with Gasteiger partial charge in [-0.2, -0.15) is 13.2 Å². The summed E-state index contributed by atoms with van der Waals surface area (Å²) in [5.74, 6) is -4.06. The maximum atomic E-state index is 15.1. The lowest BCUT2D eigenvalue weighted by atomic mass is 9.95. The first-order chi connectivity index (χ1) is 19.2. The molecule has 3 amide bonds. The molecule has 0 aromatic heterocycles. The number of aliphatic hydroxyl groups is 2. The zero-order chi connectivity index (χ0) is 30.5. The van der Waals surface area contributed by atoms with Crippen molar-refractivity contribution in [3.63, 3.8) is 0 Å². The molecule has 2 aromatic carbocycles. The number of nitrogens with two attached hydrogens (primary N) is 1. The lowest BCUT2D eigenvalue weighted by molar-refractivity contribution is -0.138. The minimum atomic E-state index is -4.26. The lowest BCUT2D eigenvalue weighted by Crippen LogP contribution is -2.47. The van der Waals surface area contributed by atoms with E-state index in [-0.39, 0.29) is 18.7 Å². The summed E-state index contributed by atoms with van der Waals surface area (Å²) in [6, 6.07) is 3.85. The number of anilines is 2. The molecule has 0 radical (unpaired) electrons. The Bertz CT molecular complexity index is 1240. The van der Waals surface area contributed by atoms with Crippen LogP contribution in [-0.2, 0) is 0 Å². The Kier molecular flexibility index (Phi) is 10.8. The number of nitrogens with zero attached hydrogens (tertiary/aromatic N) is 2. The summed E-state index contributed by atoms with van der Waals surface area (Å²) >= 11 is 6.14. The van der Waals surface area contributed by atoms with Crippen LogP contribution in [-0.4, -0.2) is 78.2 Å². The van der Waals surface area contributed by atoms with Crippen LogP contribution in [0.2, 0.25) is 5.02 Å². The molecule has 3 unspecified atom stereocenters. The van der Waals surface area contributed by atoms with Gasteiger partial charge in [0.15, 0.2) is 11.6 Å². The third-order valence-corrected chi connectivity index (χ3v) is 6.82. The van der Waals surface area contributed by atoms with Gasteiger partial charge in [-0.05, 0) is 31.2 Å². The largest absolute Gasteiger partial charge is 0.393 e. The number of piperazine rings is 1. The van der Waals surface area contributed by atoms with E-state index in [1.807, 2.05) is 4.90 Å². The molecule has 1 heterocycles. The summed E-state index contributed by atoms with van der Waals surface area (Å²) in [6.45, 7) is 2.55. The molecule has 0 aliphatic carbocycles. The average molecular weight is 608 g/mol. The monoisotopic (exact) mass is 607 g/mol. The van der Waals surface area contributed by atoms with Gasteiger partial charge in [-0.25, -0.2) is 13.6 Å². The third-order valence-electron chi connectivity index (χ3n) is 6.59. The fraction of sp³-hybridized carbons (Fsp3) is 0.462. The Balaban J connectivity index is 1.80. The predicted octanol–water partition coefficient (Wildman–Crippen LogP) is 3.79. The van der Waals surface area contributed by atoms with E-state index >= 15 is 8.78 Å². The number of alkyl halides is 3. The number of hydrogen-bond donors (Lipinski definition) is 5. The average Bonchev–Trinajstić information content (AvgIpc) is 2.88. The second-order valence-corrected chi connectivity index (χ2v) is 10.2. The zero-order valence-corrected chi connectivity index (χ0v) is 22.8. The van der Waals surface area contributed by atoms with E-state index in [9.17, 15) is 33.0 Å². The number of benzene rings is 2. The topological polar surface area (TPSA) is 131 Å². The second-order valence-electron chi connectivity index (χ2n) is 9.78. The van der Waals surface area contributed by atoms with Crippen molar-refractivity contribution in [2.45, 2.75) is 44.2 Å². The standard InChI is InChI=1S/C26H31ClF5N5O4/c1-14(38)12-20(39)23(35-25(33)41)16-3-4-17(22(29)21(16)28)24(40)34-18-5-2-15(27)13-19(18)37-10-8-36(9-11-37)7-6-26(30,31)32/h2-5,13-14,20,23,38-39H,6-12H2,1H3,(H,34,40)(H3,33,35,41). The Morgan fingerprint density at radius 2 is 1.73 bits per heavy atom. The minimum Gasteiger partial charge on any atom is -0.393 e. The Morgan fingerprint density at radius 1 is 1.07 bits per heavy atom. The predicted molar refractivity (Wildman–Crippen MR) is 143 cm³/mol. The molecule has 9 nitrogen and oxygen atoms in total. The molecule has 1 fully saturated rings. The highest BCUT2D eigenvalue weighted by molar-refractivity contribution is 6.31. The Labute approximate surface area is 238 Å². The highest BCUT2D eigenvalue weighted by atomic mass is 35.5. The normalized spacial score (nSPS) is 16.7. The first kappa shape index (κ1) is 32.3. The molecule has 1 aliphatic heterocycles. The van der Waals surface area contributed by atoms with Crippen LogP contribution in [0.4, 0.5) is 38.1 Å². The van der Waals surface area contributed by atoms with Crippen molar-refractivity contribution < 1.29 is 41.8 Å². The SMILES string of the molecule is CC(O)CC(O)C(NC(N)=O)c1ccc(C(=O)Nc2ccc(Cl)cc2N2CCN(CCC(F)(F)F)CC2)c(F)c1F. The number of aliphatic hydroxyl groups excluding tert-OH is 2. The van der Waals surface area contributed by atoms with Crippen LogP contribution in [0.25, 0.3) is 0 Å². The number of hydrogen-bond acceptors (Lipinski definition) is 6. The molecule has 2 aromatic rings. The maximum absolute atomic E-state index is 15.1. The summed E-state index contributed by atoms with van der Waals surface area (Å²) in [5.41, 5.74) is 4.62. The van der Waals surface area contributed by atoms with Crippen molar-refractivity contribution in [1.29, 1.82) is 0 Å². The Morgan fingerprint density at radius 3 is 2.32 bits per heavy atom. The van der Waals surface area contributed by atoms with Gasteiger partial charge in [0, 0.05) is 49.7 Å². The van der Waals surface area contributed by atoms with Gasteiger partial charge in [0.05, 0.1) is 41.6 Å². The molecule has 15 heteroatoms. The number of amides is 3. The van der Waals surface area contributed by atoms with E-state index in [0.29, 0.717) is 36.9 Å². The lowest BCUT2D eigenvalue weighted by Gasteiger charge is -2.37. The van der Waals surface area contributed by atoms with E-state index in [4.69, 9.17) is 17.3 Å². The van der Waals surface area contributed by atoms with Gasteiger partial charge >= 0.3 is 12.2 Å². The number of urea groups is 1. The molecule has 1 aliphatic rings. The van der Waals surface area contributed by atoms with E-state index in [0.717, 1.165) is 12.1 Å². The summed E-state index contributed by atoms with van der Waals surface area (Å²) in [6.07, 6.45) is -8.03. The molecule has 3 rings (SSSR count). The van der Waals surface area contributed by atoms with Gasteiger partial charge < -0.3 is 31.5 Å². The van der Waals surface area contributed by atoms with E-state index in [1.54, 1.807) is 11.0 Å².